The monoisotopic (exact) mass is 327 g/mol. The van der Waals surface area contributed by atoms with Gasteiger partial charge in [0.15, 0.2) is 8.68 Å². The molecule has 0 fully saturated rings. The van der Waals surface area contributed by atoms with Crippen LogP contribution >= 0.6 is 34.9 Å². The van der Waals surface area contributed by atoms with Crippen LogP contribution in [0.5, 0.6) is 0 Å². The quantitative estimate of drug-likeness (QED) is 0.787. The molecule has 1 aromatic carbocycles. The molecule has 0 saturated carbocycles. The van der Waals surface area contributed by atoms with Gasteiger partial charge in [0.1, 0.15) is 5.54 Å². The number of rotatable bonds is 6. The van der Waals surface area contributed by atoms with E-state index in [2.05, 4.69) is 10.2 Å². The van der Waals surface area contributed by atoms with Gasteiger partial charge in [0.25, 0.3) is 0 Å². The standard InChI is InChI=1S/C12H13N3O2S3/c1-18-10-14-15-11(20-10)19-7-12(13,9(16)17)8-5-3-2-4-6-8/h2-6H,7,13H2,1H3,(H,16,17). The van der Waals surface area contributed by atoms with Crippen LogP contribution in [0.2, 0.25) is 0 Å². The zero-order valence-corrected chi connectivity index (χ0v) is 13.1. The maximum atomic E-state index is 11.5. The topological polar surface area (TPSA) is 89.1 Å². The number of carboxylic acids is 1. The van der Waals surface area contributed by atoms with Crippen molar-refractivity contribution in [2.24, 2.45) is 5.73 Å². The summed E-state index contributed by atoms with van der Waals surface area (Å²) in [4.78, 5) is 11.5. The van der Waals surface area contributed by atoms with Crippen LogP contribution in [0.4, 0.5) is 0 Å². The number of carbonyl (C=O) groups is 1. The van der Waals surface area contributed by atoms with Crippen molar-refractivity contribution in [3.63, 3.8) is 0 Å². The predicted octanol–water partition coefficient (Wildman–Crippen LogP) is 2.29. The Labute approximate surface area is 129 Å². The molecular weight excluding hydrogens is 314 g/mol. The third-order valence-corrected chi connectivity index (χ3v) is 5.88. The van der Waals surface area contributed by atoms with Crippen LogP contribution in [0.25, 0.3) is 0 Å². The normalized spacial score (nSPS) is 13.9. The van der Waals surface area contributed by atoms with Crippen LogP contribution < -0.4 is 5.73 Å². The van der Waals surface area contributed by atoms with E-state index in [0.717, 1.165) is 8.68 Å². The number of benzene rings is 1. The van der Waals surface area contributed by atoms with Gasteiger partial charge in [-0.2, -0.15) is 0 Å². The Morgan fingerprint density at radius 3 is 2.55 bits per heavy atom. The van der Waals surface area contributed by atoms with Crippen LogP contribution in [0.1, 0.15) is 5.56 Å². The van der Waals surface area contributed by atoms with Gasteiger partial charge >= 0.3 is 5.97 Å². The number of aromatic nitrogens is 2. The molecule has 5 nitrogen and oxygen atoms in total. The predicted molar refractivity (Wildman–Crippen MR) is 82.4 cm³/mol. The first-order valence-corrected chi connectivity index (χ1v) is 8.67. The molecule has 0 spiro atoms. The van der Waals surface area contributed by atoms with Gasteiger partial charge in [0.2, 0.25) is 0 Å². The molecule has 20 heavy (non-hydrogen) atoms. The molecule has 1 atom stereocenters. The van der Waals surface area contributed by atoms with Crippen molar-refractivity contribution >= 4 is 40.8 Å². The highest BCUT2D eigenvalue weighted by atomic mass is 32.2. The summed E-state index contributed by atoms with van der Waals surface area (Å²) < 4.78 is 1.58. The molecule has 0 aliphatic carbocycles. The lowest BCUT2D eigenvalue weighted by Gasteiger charge is -2.24. The highest BCUT2D eigenvalue weighted by Crippen LogP contribution is 2.32. The lowest BCUT2D eigenvalue weighted by molar-refractivity contribution is -0.142. The first-order valence-electron chi connectivity index (χ1n) is 5.64. The largest absolute Gasteiger partial charge is 0.480 e. The van der Waals surface area contributed by atoms with E-state index in [1.165, 1.54) is 34.9 Å². The number of hydrogen-bond donors (Lipinski definition) is 2. The Kier molecular flexibility index (Phi) is 5.03. The van der Waals surface area contributed by atoms with Crippen LogP contribution in [-0.4, -0.2) is 33.3 Å². The average Bonchev–Trinajstić information content (AvgIpc) is 2.93. The maximum Gasteiger partial charge on any atom is 0.329 e. The number of carboxylic acid groups (broad SMARTS) is 1. The van der Waals surface area contributed by atoms with Crippen molar-refractivity contribution in [1.29, 1.82) is 0 Å². The molecule has 8 heteroatoms. The summed E-state index contributed by atoms with van der Waals surface area (Å²) in [5.41, 5.74) is 5.23. The molecule has 1 heterocycles. The SMILES string of the molecule is CSc1nnc(SCC(N)(C(=O)O)c2ccccc2)s1. The summed E-state index contributed by atoms with van der Waals surface area (Å²) in [6, 6.07) is 8.83. The van der Waals surface area contributed by atoms with E-state index in [9.17, 15) is 9.90 Å². The highest BCUT2D eigenvalue weighted by molar-refractivity contribution is 8.03. The fourth-order valence-corrected chi connectivity index (χ4v) is 4.07. The number of thioether (sulfide) groups is 2. The van der Waals surface area contributed by atoms with E-state index in [4.69, 9.17) is 5.73 Å². The summed E-state index contributed by atoms with van der Waals surface area (Å²) >= 11 is 4.26. The third kappa shape index (κ3) is 3.32. The maximum absolute atomic E-state index is 11.5. The molecule has 0 saturated heterocycles. The summed E-state index contributed by atoms with van der Waals surface area (Å²) in [6.07, 6.45) is 1.92. The number of aliphatic carboxylic acids is 1. The molecule has 106 valence electrons. The van der Waals surface area contributed by atoms with Gasteiger partial charge in [-0.3, -0.25) is 0 Å². The fourth-order valence-electron chi connectivity index (χ4n) is 1.52. The molecule has 2 rings (SSSR count). The summed E-state index contributed by atoms with van der Waals surface area (Å²) in [5.74, 6) is -0.846. The molecule has 0 bridgehead atoms. The molecule has 0 amide bonds. The first kappa shape index (κ1) is 15.3. The average molecular weight is 327 g/mol. The lowest BCUT2D eigenvalue weighted by Crippen LogP contribution is -2.47. The Balaban J connectivity index is 2.16. The van der Waals surface area contributed by atoms with Gasteiger partial charge in [-0.15, -0.1) is 10.2 Å². The molecule has 0 aliphatic rings. The Hall–Kier alpha value is -1.09. The van der Waals surface area contributed by atoms with Gasteiger partial charge in [-0.05, 0) is 11.8 Å². The van der Waals surface area contributed by atoms with Gasteiger partial charge in [0, 0.05) is 5.75 Å². The van der Waals surface area contributed by atoms with Crippen molar-refractivity contribution in [3.05, 3.63) is 35.9 Å². The molecule has 2 aromatic rings. The molecule has 1 aromatic heterocycles. The fraction of sp³-hybridized carbons (Fsp3) is 0.250. The van der Waals surface area contributed by atoms with E-state index in [1.54, 1.807) is 24.3 Å². The Bertz CT molecular complexity index is 591. The second kappa shape index (κ2) is 6.57. The van der Waals surface area contributed by atoms with Crippen molar-refractivity contribution in [3.8, 4) is 0 Å². The summed E-state index contributed by atoms with van der Waals surface area (Å²) in [6.45, 7) is 0. The van der Waals surface area contributed by atoms with Crippen LogP contribution in [0.3, 0.4) is 0 Å². The van der Waals surface area contributed by atoms with E-state index in [-0.39, 0.29) is 5.75 Å². The smallest absolute Gasteiger partial charge is 0.329 e. The summed E-state index contributed by atoms with van der Waals surface area (Å²) in [5, 5.41) is 17.4. The van der Waals surface area contributed by atoms with Crippen molar-refractivity contribution in [1.82, 2.24) is 10.2 Å². The number of hydrogen-bond acceptors (Lipinski definition) is 7. The van der Waals surface area contributed by atoms with Gasteiger partial charge in [-0.1, -0.05) is 65.2 Å². The number of nitrogens with zero attached hydrogens (tertiary/aromatic N) is 2. The minimum Gasteiger partial charge on any atom is -0.480 e. The molecule has 0 radical (unpaired) electrons. The minimum atomic E-state index is -1.43. The molecule has 0 aliphatic heterocycles. The van der Waals surface area contributed by atoms with Gasteiger partial charge < -0.3 is 10.8 Å². The van der Waals surface area contributed by atoms with Crippen molar-refractivity contribution < 1.29 is 9.90 Å². The van der Waals surface area contributed by atoms with E-state index in [0.29, 0.717) is 5.56 Å². The molecular formula is C12H13N3O2S3. The zero-order valence-electron chi connectivity index (χ0n) is 10.6. The Morgan fingerprint density at radius 1 is 1.35 bits per heavy atom. The molecule has 1 unspecified atom stereocenters. The van der Waals surface area contributed by atoms with E-state index >= 15 is 0 Å². The Morgan fingerprint density at radius 2 is 2.00 bits per heavy atom. The number of nitrogens with two attached hydrogens (primary N) is 1. The minimum absolute atomic E-state index is 0.204. The lowest BCUT2D eigenvalue weighted by atomic mass is 9.93. The van der Waals surface area contributed by atoms with E-state index in [1.807, 2.05) is 12.3 Å². The first-order chi connectivity index (χ1) is 9.56. The zero-order chi connectivity index (χ0) is 14.6. The van der Waals surface area contributed by atoms with Gasteiger partial charge in [0.05, 0.1) is 0 Å². The van der Waals surface area contributed by atoms with Crippen LogP contribution in [0, 0.1) is 0 Å². The second-order valence-corrected chi connectivity index (χ2v) is 7.22. The van der Waals surface area contributed by atoms with Crippen molar-refractivity contribution in [2.75, 3.05) is 12.0 Å². The van der Waals surface area contributed by atoms with Crippen LogP contribution in [-0.2, 0) is 10.3 Å². The summed E-state index contributed by atoms with van der Waals surface area (Å²) in [7, 11) is 0. The third-order valence-electron chi connectivity index (χ3n) is 2.66. The molecule has 3 N–H and O–H groups in total. The van der Waals surface area contributed by atoms with Gasteiger partial charge in [-0.25, -0.2) is 4.79 Å². The van der Waals surface area contributed by atoms with Crippen molar-refractivity contribution in [2.45, 2.75) is 14.2 Å². The van der Waals surface area contributed by atoms with E-state index < -0.39 is 11.5 Å². The van der Waals surface area contributed by atoms with Crippen LogP contribution in [0.15, 0.2) is 39.0 Å². The highest BCUT2D eigenvalue weighted by Gasteiger charge is 2.36. The second-order valence-electron chi connectivity index (χ2n) is 3.97.